The van der Waals surface area contributed by atoms with Gasteiger partial charge >= 0.3 is 33.7 Å². The molecule has 2 atom stereocenters. The van der Waals surface area contributed by atoms with Crippen LogP contribution in [0.25, 0.3) is 0 Å². The fraction of sp³-hybridized carbons (Fsp3) is 0.500. The van der Waals surface area contributed by atoms with Crippen molar-refractivity contribution in [2.75, 3.05) is 0 Å². The number of carbonyl (C=O) groups excluding carboxylic acids is 2. The van der Waals surface area contributed by atoms with E-state index in [-0.39, 0.29) is 36.6 Å². The van der Waals surface area contributed by atoms with Gasteiger partial charge in [0, 0.05) is 0 Å². The minimum atomic E-state index is -1.23. The molecule has 7 heteroatoms. The van der Waals surface area contributed by atoms with Gasteiger partial charge in [0.1, 0.15) is 12.2 Å². The SMILES string of the molecule is CC(O)C([O-])=[OH+].CC(O)C([O-])=[OH+].[CH3-].[CH3-].[Ti+2]. The van der Waals surface area contributed by atoms with E-state index in [1.54, 1.807) is 0 Å². The van der Waals surface area contributed by atoms with Crippen molar-refractivity contribution in [2.24, 2.45) is 0 Å². The summed E-state index contributed by atoms with van der Waals surface area (Å²) >= 11 is 0. The standard InChI is InChI=1S/2C3H6O3.2CH3.Ti/c2*1-2(4)3(5)6;;;/h2*2,4H,1H3,(H,5,6);2*1H3;/q;;2*-1;+2. The summed E-state index contributed by atoms with van der Waals surface area (Å²) < 4.78 is 0. The number of rotatable bonds is 2. The Hall–Kier alpha value is -0.426. The van der Waals surface area contributed by atoms with Crippen LogP contribution in [0.5, 0.6) is 0 Å². The third kappa shape index (κ3) is 31.7. The molecule has 0 fully saturated rings. The second-order valence-corrected chi connectivity index (χ2v) is 2.03. The van der Waals surface area contributed by atoms with E-state index >= 15 is 0 Å². The molecule has 90 valence electrons. The predicted molar refractivity (Wildman–Crippen MR) is 50.1 cm³/mol. The van der Waals surface area contributed by atoms with Crippen LogP contribution in [0.4, 0.5) is 0 Å². The number of carboxylic acids is 2. The number of carboxylic acid groups (broad SMARTS) is 2. The topological polar surface area (TPSA) is 129 Å². The van der Waals surface area contributed by atoms with E-state index in [0.717, 1.165) is 0 Å². The summed E-state index contributed by atoms with van der Waals surface area (Å²) in [7, 11) is 0. The Morgan fingerprint density at radius 1 is 0.933 bits per heavy atom. The van der Waals surface area contributed by atoms with Gasteiger partial charge in [-0.15, -0.1) is 0 Å². The zero-order valence-corrected chi connectivity index (χ0v) is 10.8. The second kappa shape index (κ2) is 16.0. The summed E-state index contributed by atoms with van der Waals surface area (Å²) in [5, 5.41) is 35.0. The molecular formula is C8H18O6Ti. The predicted octanol–water partition coefficient (Wildman–Crippen LogP) is -2.92. The molecule has 0 bridgehead atoms. The Morgan fingerprint density at radius 3 is 1.00 bits per heavy atom. The largest absolute Gasteiger partial charge is 2.00 e. The minimum Gasteiger partial charge on any atom is -0.479 e. The first-order valence-corrected chi connectivity index (χ1v) is 3.10. The molecule has 0 aliphatic rings. The third-order valence-corrected chi connectivity index (χ3v) is 0.715. The molecule has 0 aromatic carbocycles. The van der Waals surface area contributed by atoms with E-state index in [9.17, 15) is 10.2 Å². The molecular weight excluding hydrogens is 240 g/mol. The van der Waals surface area contributed by atoms with E-state index in [4.69, 9.17) is 19.8 Å². The molecule has 0 rings (SSSR count). The zero-order valence-electron chi connectivity index (χ0n) is 9.26. The quantitative estimate of drug-likeness (QED) is 0.312. The van der Waals surface area contributed by atoms with E-state index in [1.165, 1.54) is 13.8 Å². The molecule has 0 spiro atoms. The molecule has 0 aromatic heterocycles. The number of aliphatic hydroxyl groups is 2. The van der Waals surface area contributed by atoms with Crippen LogP contribution in [0, 0.1) is 14.9 Å². The molecule has 6 nitrogen and oxygen atoms in total. The van der Waals surface area contributed by atoms with Crippen molar-refractivity contribution < 1.29 is 51.7 Å². The van der Waals surface area contributed by atoms with Crippen molar-refractivity contribution in [1.82, 2.24) is 0 Å². The van der Waals surface area contributed by atoms with Crippen LogP contribution in [0.15, 0.2) is 0 Å². The van der Waals surface area contributed by atoms with Crippen LogP contribution in [0.3, 0.4) is 0 Å². The van der Waals surface area contributed by atoms with Gasteiger partial charge in [-0.2, -0.15) is 0 Å². The Balaban J connectivity index is -0.0000000370. The van der Waals surface area contributed by atoms with E-state index < -0.39 is 24.1 Å². The van der Waals surface area contributed by atoms with Crippen LogP contribution in [0.1, 0.15) is 13.8 Å². The van der Waals surface area contributed by atoms with Crippen molar-refractivity contribution in [3.8, 4) is 0 Å². The monoisotopic (exact) mass is 258 g/mol. The average Bonchev–Trinajstić information content (AvgIpc) is 1.88. The van der Waals surface area contributed by atoms with Crippen molar-refractivity contribution in [3.63, 3.8) is 0 Å². The first-order valence-electron chi connectivity index (χ1n) is 3.10. The molecule has 4 N–H and O–H groups in total. The molecule has 0 saturated carbocycles. The normalized spacial score (nSPS) is 10.9. The van der Waals surface area contributed by atoms with Crippen LogP contribution in [-0.4, -0.2) is 43.9 Å². The van der Waals surface area contributed by atoms with E-state index in [1.807, 2.05) is 0 Å². The summed E-state index contributed by atoms with van der Waals surface area (Å²) in [5.41, 5.74) is 0. The van der Waals surface area contributed by atoms with Crippen LogP contribution >= 0.6 is 0 Å². The van der Waals surface area contributed by atoms with Crippen LogP contribution < -0.4 is 10.2 Å². The third-order valence-electron chi connectivity index (χ3n) is 0.715. The maximum atomic E-state index is 9.45. The molecule has 0 saturated heterocycles. The molecule has 0 aliphatic heterocycles. The van der Waals surface area contributed by atoms with Gasteiger partial charge in [0.15, 0.2) is 0 Å². The van der Waals surface area contributed by atoms with Crippen molar-refractivity contribution in [3.05, 3.63) is 14.9 Å². The Morgan fingerprint density at radius 2 is 1.00 bits per heavy atom. The fourth-order valence-corrected chi connectivity index (χ4v) is 0. The van der Waals surface area contributed by atoms with Crippen molar-refractivity contribution in [1.29, 1.82) is 0 Å². The Kier molecular flexibility index (Phi) is 31.3. The molecule has 0 aromatic rings. The van der Waals surface area contributed by atoms with E-state index in [2.05, 4.69) is 0 Å². The Labute approximate surface area is 105 Å². The maximum absolute atomic E-state index is 9.45. The molecule has 0 heterocycles. The van der Waals surface area contributed by atoms with Gasteiger partial charge < -0.3 is 34.7 Å². The summed E-state index contributed by atoms with van der Waals surface area (Å²) in [5.74, 6) is -2.37. The smallest absolute Gasteiger partial charge is 0.479 e. The number of aliphatic hydroxyl groups excluding tert-OH is 2. The summed E-state index contributed by atoms with van der Waals surface area (Å²) in [6, 6.07) is 0. The van der Waals surface area contributed by atoms with Crippen LogP contribution in [-0.2, 0) is 21.7 Å². The summed E-state index contributed by atoms with van der Waals surface area (Å²) in [4.78, 5) is 15.5. The Bertz CT molecular complexity index is 139. The van der Waals surface area contributed by atoms with Gasteiger partial charge in [-0.3, -0.25) is 0 Å². The van der Waals surface area contributed by atoms with Gasteiger partial charge in [0.05, 0.1) is 0 Å². The number of hydrogen-bond donors (Lipinski definition) is 2. The minimum absolute atomic E-state index is 0. The van der Waals surface area contributed by atoms with Crippen molar-refractivity contribution >= 4 is 11.9 Å². The molecule has 2 unspecified atom stereocenters. The molecule has 0 radical (unpaired) electrons. The fourth-order valence-electron chi connectivity index (χ4n) is 0. The number of hydrogen-bond acceptors (Lipinski definition) is 4. The molecule has 15 heavy (non-hydrogen) atoms. The molecule has 0 aliphatic carbocycles. The average molecular weight is 258 g/mol. The van der Waals surface area contributed by atoms with Crippen molar-refractivity contribution in [2.45, 2.75) is 26.1 Å². The van der Waals surface area contributed by atoms with Gasteiger partial charge in [-0.05, 0) is 13.8 Å². The second-order valence-electron chi connectivity index (χ2n) is 2.03. The van der Waals surface area contributed by atoms with Gasteiger partial charge in [-0.1, -0.05) is 0 Å². The first kappa shape index (κ1) is 29.3. The molecule has 0 amide bonds. The van der Waals surface area contributed by atoms with Gasteiger partial charge in [-0.25, -0.2) is 10.2 Å². The zero-order chi connectivity index (χ0) is 10.3. The first-order chi connectivity index (χ1) is 5.29. The van der Waals surface area contributed by atoms with Gasteiger partial charge in [0.2, 0.25) is 0 Å². The summed E-state index contributed by atoms with van der Waals surface area (Å²) in [6.45, 7) is 2.39. The maximum Gasteiger partial charge on any atom is 2.00 e. The number of aliphatic carboxylic acids is 2. The van der Waals surface area contributed by atoms with Gasteiger partial charge in [0.25, 0.3) is 0 Å². The van der Waals surface area contributed by atoms with E-state index in [0.29, 0.717) is 0 Å². The van der Waals surface area contributed by atoms with Crippen LogP contribution in [0.2, 0.25) is 0 Å². The summed E-state index contributed by atoms with van der Waals surface area (Å²) in [6.07, 6.45) is -2.46.